The Morgan fingerprint density at radius 1 is 1.23 bits per heavy atom. The number of ether oxygens (including phenoxy) is 4. The Balaban J connectivity index is 1.96. The van der Waals surface area contributed by atoms with Crippen molar-refractivity contribution in [3.63, 3.8) is 0 Å². The minimum atomic E-state index is -1.47. The van der Waals surface area contributed by atoms with Crippen LogP contribution in [0.5, 0.6) is 0 Å². The molecule has 292 valence electrons. The normalized spacial score (nSPS) is 31.1. The number of cyclic esters (lactones) is 1. The van der Waals surface area contributed by atoms with E-state index < -0.39 is 53.4 Å². The summed E-state index contributed by atoms with van der Waals surface area (Å²) < 4.78 is 23.4. The average Bonchev–Trinajstić information content (AvgIpc) is 3.85. The number of nitrogens with two attached hydrogens (primary N) is 1. The lowest BCUT2D eigenvalue weighted by Crippen LogP contribution is -2.55. The van der Waals surface area contributed by atoms with E-state index in [-0.39, 0.29) is 43.5 Å². The molecule has 0 saturated carbocycles. The number of allylic oxidation sites excluding steroid dienone is 2. The molecule has 11 nitrogen and oxygen atoms in total. The van der Waals surface area contributed by atoms with E-state index >= 15 is 0 Å². The summed E-state index contributed by atoms with van der Waals surface area (Å²) in [6, 6.07) is 7.12. The Bertz CT molecular complexity index is 1390. The van der Waals surface area contributed by atoms with Gasteiger partial charge in [-0.05, 0) is 69.4 Å². The Hall–Kier alpha value is -2.61. The summed E-state index contributed by atoms with van der Waals surface area (Å²) in [6.45, 7) is 13.8. The van der Waals surface area contributed by atoms with Gasteiger partial charge in [0, 0.05) is 50.5 Å². The van der Waals surface area contributed by atoms with Gasteiger partial charge in [-0.25, -0.2) is 0 Å². The van der Waals surface area contributed by atoms with Crippen LogP contribution in [-0.4, -0.2) is 106 Å². The second-order valence-corrected chi connectivity index (χ2v) is 15.3. The number of carbonyl (C=O) groups excluding carboxylic acids is 2. The molecule has 0 aliphatic carbocycles. The Morgan fingerprint density at radius 2 is 1.90 bits per heavy atom. The van der Waals surface area contributed by atoms with E-state index in [4.69, 9.17) is 36.3 Å². The van der Waals surface area contributed by atoms with Crippen LogP contribution in [0.15, 0.2) is 60.2 Å². The van der Waals surface area contributed by atoms with Gasteiger partial charge in [0.25, 0.3) is 0 Å². The summed E-state index contributed by atoms with van der Waals surface area (Å²) in [7, 11) is 1.70. The average molecular weight is 749 g/mol. The number of halogens is 1. The molecule has 1 fully saturated rings. The largest absolute Gasteiger partial charge is 0.457 e. The Labute approximate surface area is 314 Å². The second-order valence-electron chi connectivity index (χ2n) is 14.9. The van der Waals surface area contributed by atoms with Gasteiger partial charge in [0.2, 0.25) is 0 Å². The molecule has 1 aromatic rings. The number of esters is 2. The molecular weight excluding hydrogens is 688 g/mol. The van der Waals surface area contributed by atoms with Gasteiger partial charge in [-0.15, -0.1) is 0 Å². The maximum absolute atomic E-state index is 13.0. The van der Waals surface area contributed by atoms with Gasteiger partial charge in [0.15, 0.2) is 0 Å². The molecule has 1 saturated heterocycles. The lowest BCUT2D eigenvalue weighted by Gasteiger charge is -2.39. The Morgan fingerprint density at radius 3 is 2.50 bits per heavy atom. The highest BCUT2D eigenvalue weighted by Crippen LogP contribution is 2.41. The van der Waals surface area contributed by atoms with Crippen LogP contribution in [0.3, 0.4) is 0 Å². The highest BCUT2D eigenvalue weighted by molar-refractivity contribution is 6.30. The zero-order chi connectivity index (χ0) is 38.8. The molecule has 0 aromatic heterocycles. The lowest BCUT2D eigenvalue weighted by molar-refractivity contribution is -0.157. The molecule has 0 spiro atoms. The molecule has 3 rings (SSSR count). The van der Waals surface area contributed by atoms with Crippen molar-refractivity contribution in [3.05, 3.63) is 70.8 Å². The molecule has 2 aliphatic heterocycles. The summed E-state index contributed by atoms with van der Waals surface area (Å²) in [5, 5.41) is 34.6. The smallest absolute Gasteiger partial charge is 0.309 e. The zero-order valence-electron chi connectivity index (χ0n) is 32.0. The fourth-order valence-corrected chi connectivity index (χ4v) is 7.34. The molecular formula is C40H61ClN2O9. The van der Waals surface area contributed by atoms with Gasteiger partial charge in [-0.1, -0.05) is 68.8 Å². The van der Waals surface area contributed by atoms with Crippen molar-refractivity contribution in [2.24, 2.45) is 17.6 Å². The predicted molar refractivity (Wildman–Crippen MR) is 201 cm³/mol. The molecule has 11 atom stereocenters. The number of epoxide rings is 1. The SMILES string of the molecule is CC[C@H](OC)[C@@H](C)[C@H]1O[C@@H]1C(N(CCN)Cc1ccc(Cl)cc1)C(C)(O)/C=C/C=C(\C)[C@@H]1OC(=O)C[C@H](O)CC[C@@](C)(O)[C@@H](OC(C)=O)/C=C/[C@@H]1C. The summed E-state index contributed by atoms with van der Waals surface area (Å²) >= 11 is 6.17. The van der Waals surface area contributed by atoms with Gasteiger partial charge in [0.1, 0.15) is 23.9 Å². The van der Waals surface area contributed by atoms with E-state index in [1.165, 1.54) is 6.92 Å². The van der Waals surface area contributed by atoms with Gasteiger partial charge >= 0.3 is 11.9 Å². The highest BCUT2D eigenvalue weighted by Gasteiger charge is 2.56. The number of benzene rings is 1. The number of methoxy groups -OCH3 is 1. The Kier molecular flexibility index (Phi) is 16.5. The van der Waals surface area contributed by atoms with Crippen molar-refractivity contribution in [1.29, 1.82) is 0 Å². The van der Waals surface area contributed by atoms with Crippen LogP contribution in [-0.2, 0) is 35.1 Å². The molecule has 52 heavy (non-hydrogen) atoms. The number of nitrogens with zero attached hydrogens (tertiary/aromatic N) is 1. The predicted octanol–water partition coefficient (Wildman–Crippen LogP) is 4.88. The number of aliphatic hydroxyl groups excluding tert-OH is 1. The summed E-state index contributed by atoms with van der Waals surface area (Å²) in [5.74, 6) is -1.44. The number of carbonyl (C=O) groups is 2. The number of rotatable bonds is 15. The molecule has 5 N–H and O–H groups in total. The molecule has 0 amide bonds. The van der Waals surface area contributed by atoms with Crippen LogP contribution in [0.2, 0.25) is 5.02 Å². The monoisotopic (exact) mass is 748 g/mol. The summed E-state index contributed by atoms with van der Waals surface area (Å²) in [5.41, 5.74) is 4.96. The van der Waals surface area contributed by atoms with E-state index in [0.29, 0.717) is 30.2 Å². The first-order valence-electron chi connectivity index (χ1n) is 18.3. The van der Waals surface area contributed by atoms with E-state index in [9.17, 15) is 24.9 Å². The number of aliphatic hydroxyl groups is 3. The van der Waals surface area contributed by atoms with Crippen molar-refractivity contribution < 1.29 is 43.9 Å². The summed E-state index contributed by atoms with van der Waals surface area (Å²) in [4.78, 5) is 27.0. The first-order chi connectivity index (χ1) is 24.4. The molecule has 12 heteroatoms. The van der Waals surface area contributed by atoms with Crippen molar-refractivity contribution >= 4 is 23.5 Å². The van der Waals surface area contributed by atoms with Gasteiger partial charge < -0.3 is 40.0 Å². The first-order valence-corrected chi connectivity index (χ1v) is 18.7. The molecule has 2 heterocycles. The maximum atomic E-state index is 13.0. The lowest BCUT2D eigenvalue weighted by atomic mass is 9.85. The van der Waals surface area contributed by atoms with Crippen molar-refractivity contribution in [3.8, 4) is 0 Å². The van der Waals surface area contributed by atoms with Crippen molar-refractivity contribution in [1.82, 2.24) is 4.90 Å². The van der Waals surface area contributed by atoms with Crippen LogP contribution in [0.1, 0.15) is 79.7 Å². The van der Waals surface area contributed by atoms with E-state index in [1.807, 2.05) is 38.1 Å². The minimum Gasteiger partial charge on any atom is -0.457 e. The quantitative estimate of drug-likeness (QED) is 0.0837. The third kappa shape index (κ3) is 12.5. The molecule has 0 bridgehead atoms. The van der Waals surface area contributed by atoms with Crippen molar-refractivity contribution in [2.45, 2.75) is 135 Å². The van der Waals surface area contributed by atoms with Crippen LogP contribution in [0.4, 0.5) is 0 Å². The van der Waals surface area contributed by atoms with Gasteiger partial charge in [0.05, 0.1) is 36.4 Å². The fourth-order valence-electron chi connectivity index (χ4n) is 7.21. The maximum Gasteiger partial charge on any atom is 0.309 e. The standard InChI is InChI=1S/C40H61ClN2O9/c1-9-32(49-8)27(4)36-37(52-36)38(43(22-21-42)24-29-13-15-30(41)16-14-29)40(7,48)19-10-11-25(2)35-26(3)12-17-33(50-28(5)44)39(6,47)20-18-31(45)23-34(46)51-35/h10-17,19,26-27,31-33,35-38,45,47-48H,9,18,20-24,42H2,1-8H3/b17-12+,19-10+,25-11+/t26-,27+,31+,32-,33-,35-,36+,37-,38?,39+,40?/m0/s1. The second kappa shape index (κ2) is 19.6. The fraction of sp³-hybridized carbons (Fsp3) is 0.650. The van der Waals surface area contributed by atoms with Crippen molar-refractivity contribution in [2.75, 3.05) is 20.2 Å². The van der Waals surface area contributed by atoms with E-state index in [1.54, 1.807) is 51.3 Å². The zero-order valence-corrected chi connectivity index (χ0v) is 32.8. The van der Waals surface area contributed by atoms with Crippen LogP contribution in [0, 0.1) is 11.8 Å². The van der Waals surface area contributed by atoms with Crippen LogP contribution in [0.25, 0.3) is 0 Å². The molecule has 0 radical (unpaired) electrons. The molecule has 2 unspecified atom stereocenters. The van der Waals surface area contributed by atoms with Crippen LogP contribution >= 0.6 is 11.6 Å². The van der Waals surface area contributed by atoms with Crippen LogP contribution < -0.4 is 5.73 Å². The molecule has 1 aromatic carbocycles. The van der Waals surface area contributed by atoms with E-state index in [2.05, 4.69) is 18.7 Å². The highest BCUT2D eigenvalue weighted by atomic mass is 35.5. The third-order valence-corrected chi connectivity index (χ3v) is 10.5. The first kappa shape index (κ1) is 43.8. The third-order valence-electron chi connectivity index (χ3n) is 10.2. The summed E-state index contributed by atoms with van der Waals surface area (Å²) in [6.07, 6.45) is 6.19. The topological polar surface area (TPSA) is 164 Å². The minimum absolute atomic E-state index is 0.00202. The van der Waals surface area contributed by atoms with E-state index in [0.717, 1.165) is 12.0 Å². The molecule has 2 aliphatic rings. The van der Waals surface area contributed by atoms with Gasteiger partial charge in [-0.2, -0.15) is 0 Å². The van der Waals surface area contributed by atoms with Gasteiger partial charge in [-0.3, -0.25) is 14.5 Å². The number of hydrogen-bond donors (Lipinski definition) is 4. The number of hydrogen-bond acceptors (Lipinski definition) is 11.